The molecule has 0 aromatic heterocycles. The van der Waals surface area contributed by atoms with Gasteiger partial charge in [0.2, 0.25) is 0 Å². The molecule has 0 radical (unpaired) electrons. The summed E-state index contributed by atoms with van der Waals surface area (Å²) in [5.41, 5.74) is 4.99. The summed E-state index contributed by atoms with van der Waals surface area (Å²) < 4.78 is 31.7. The van der Waals surface area contributed by atoms with Crippen molar-refractivity contribution in [2.75, 3.05) is 0 Å². The van der Waals surface area contributed by atoms with Gasteiger partial charge < -0.3 is 10.8 Å². The van der Waals surface area contributed by atoms with Gasteiger partial charge in [-0.1, -0.05) is 6.92 Å². The molecule has 7 heteroatoms. The molecule has 0 bridgehead atoms. The molecule has 0 aliphatic rings. The summed E-state index contributed by atoms with van der Waals surface area (Å²) >= 11 is 0. The molecule has 0 aliphatic heterocycles. The number of hydrogen-bond donors (Lipinski definition) is 3. The molecule has 0 amide bonds. The Balaban J connectivity index is 0. The Morgan fingerprint density at radius 2 is 1.85 bits per heavy atom. The standard InChI is InChI=1S/C4H10N2.C2HF3O2/c1-2-3-4(5)6;3-2(4,5)1(6)7/h2-3H2,1H3,(H3,5,6);(H,6,7). The number of aliphatic carboxylic acids is 1. The smallest absolute Gasteiger partial charge is 0.475 e. The number of alkyl halides is 3. The Kier molecular flexibility index (Phi) is 6.88. The van der Waals surface area contributed by atoms with Gasteiger partial charge in [-0.2, -0.15) is 13.2 Å². The molecule has 0 aliphatic carbocycles. The van der Waals surface area contributed by atoms with Gasteiger partial charge in [-0.15, -0.1) is 0 Å². The molecule has 0 aromatic carbocycles. The van der Waals surface area contributed by atoms with Gasteiger partial charge in [0.1, 0.15) is 0 Å². The van der Waals surface area contributed by atoms with Crippen LogP contribution in [0.2, 0.25) is 0 Å². The average Bonchev–Trinajstić information content (AvgIpc) is 1.85. The fourth-order valence-corrected chi connectivity index (χ4v) is 0.269. The highest BCUT2D eigenvalue weighted by Crippen LogP contribution is 2.13. The quantitative estimate of drug-likeness (QED) is 0.464. The molecule has 4 nitrogen and oxygen atoms in total. The molecule has 0 atom stereocenters. The SMILES string of the molecule is CCCC(=N)N.O=C(O)C(F)(F)F. The molecule has 0 rings (SSSR count). The first-order valence-corrected chi connectivity index (χ1v) is 3.34. The van der Waals surface area contributed by atoms with Crippen LogP contribution in [0.25, 0.3) is 0 Å². The van der Waals surface area contributed by atoms with Gasteiger partial charge in [-0.05, 0) is 6.42 Å². The first-order chi connectivity index (χ1) is 5.71. The Bertz CT molecular complexity index is 179. The molecule has 0 fully saturated rings. The van der Waals surface area contributed by atoms with Crippen LogP contribution >= 0.6 is 0 Å². The zero-order valence-electron chi connectivity index (χ0n) is 6.98. The first kappa shape index (κ1) is 14.3. The minimum atomic E-state index is -5.08. The third-order valence-electron chi connectivity index (χ3n) is 0.762. The summed E-state index contributed by atoms with van der Waals surface area (Å²) in [5.74, 6) is -2.47. The summed E-state index contributed by atoms with van der Waals surface area (Å²) in [4.78, 5) is 8.90. The highest BCUT2D eigenvalue weighted by molar-refractivity contribution is 5.76. The van der Waals surface area contributed by atoms with Crippen molar-refractivity contribution in [1.82, 2.24) is 0 Å². The predicted molar refractivity (Wildman–Crippen MR) is 40.5 cm³/mol. The minimum absolute atomic E-state index is 0.289. The molecule has 13 heavy (non-hydrogen) atoms. The summed E-state index contributed by atoms with van der Waals surface area (Å²) in [6.07, 6.45) is -3.37. The number of carboxylic acids is 1. The third kappa shape index (κ3) is 13.7. The van der Waals surface area contributed by atoms with E-state index < -0.39 is 12.1 Å². The minimum Gasteiger partial charge on any atom is -0.475 e. The number of nitrogens with one attached hydrogen (secondary N) is 1. The Morgan fingerprint density at radius 1 is 1.54 bits per heavy atom. The molecule has 4 N–H and O–H groups in total. The molecule has 0 heterocycles. The van der Waals surface area contributed by atoms with E-state index >= 15 is 0 Å². The van der Waals surface area contributed by atoms with Crippen molar-refractivity contribution in [3.8, 4) is 0 Å². The largest absolute Gasteiger partial charge is 0.490 e. The molecular weight excluding hydrogens is 189 g/mol. The summed E-state index contributed by atoms with van der Waals surface area (Å²) in [7, 11) is 0. The average molecular weight is 200 g/mol. The molecular formula is C6H11F3N2O2. The highest BCUT2D eigenvalue weighted by Gasteiger charge is 2.38. The number of carboxylic acid groups (broad SMARTS) is 1. The second-order valence-corrected chi connectivity index (χ2v) is 2.08. The van der Waals surface area contributed by atoms with E-state index in [0.717, 1.165) is 12.8 Å². The van der Waals surface area contributed by atoms with E-state index in [2.05, 4.69) is 0 Å². The van der Waals surface area contributed by atoms with Crippen LogP contribution in [0.1, 0.15) is 19.8 Å². The van der Waals surface area contributed by atoms with E-state index in [9.17, 15) is 13.2 Å². The number of nitrogens with two attached hydrogens (primary N) is 1. The molecule has 0 aromatic rings. The summed E-state index contributed by atoms with van der Waals surface area (Å²) in [6.45, 7) is 2.00. The fourth-order valence-electron chi connectivity index (χ4n) is 0.269. The first-order valence-electron chi connectivity index (χ1n) is 3.34. The second kappa shape index (κ2) is 6.27. The highest BCUT2D eigenvalue weighted by atomic mass is 19.4. The molecule has 0 unspecified atom stereocenters. The van der Waals surface area contributed by atoms with Gasteiger partial charge in [-0.3, -0.25) is 5.41 Å². The lowest BCUT2D eigenvalue weighted by Crippen LogP contribution is -2.21. The van der Waals surface area contributed by atoms with E-state index in [1.54, 1.807) is 0 Å². The van der Waals surface area contributed by atoms with Crippen molar-refractivity contribution < 1.29 is 23.1 Å². The number of halogens is 3. The Labute approximate surface area is 73.0 Å². The van der Waals surface area contributed by atoms with Gasteiger partial charge in [-0.25, -0.2) is 4.79 Å². The third-order valence-corrected chi connectivity index (χ3v) is 0.762. The normalized spacial score (nSPS) is 9.85. The van der Waals surface area contributed by atoms with Crippen LogP contribution in [0.5, 0.6) is 0 Å². The lowest BCUT2D eigenvalue weighted by atomic mass is 10.3. The number of amidine groups is 1. The summed E-state index contributed by atoms with van der Waals surface area (Å²) in [6, 6.07) is 0. The van der Waals surface area contributed by atoms with Crippen molar-refractivity contribution >= 4 is 11.8 Å². The maximum atomic E-state index is 10.6. The van der Waals surface area contributed by atoms with Gasteiger partial charge in [0.05, 0.1) is 5.84 Å². The van der Waals surface area contributed by atoms with Crippen LogP contribution in [0.3, 0.4) is 0 Å². The second-order valence-electron chi connectivity index (χ2n) is 2.08. The zero-order chi connectivity index (χ0) is 11.1. The van der Waals surface area contributed by atoms with E-state index in [1.807, 2.05) is 6.92 Å². The topological polar surface area (TPSA) is 87.2 Å². The number of carbonyl (C=O) groups is 1. The van der Waals surface area contributed by atoms with E-state index in [1.165, 1.54) is 0 Å². The van der Waals surface area contributed by atoms with Crippen molar-refractivity contribution in [3.05, 3.63) is 0 Å². The van der Waals surface area contributed by atoms with E-state index in [0.29, 0.717) is 0 Å². The van der Waals surface area contributed by atoms with Crippen molar-refractivity contribution in [2.45, 2.75) is 25.9 Å². The summed E-state index contributed by atoms with van der Waals surface area (Å²) in [5, 5.41) is 13.8. The van der Waals surface area contributed by atoms with Gasteiger partial charge in [0.25, 0.3) is 0 Å². The maximum Gasteiger partial charge on any atom is 0.490 e. The van der Waals surface area contributed by atoms with Crippen molar-refractivity contribution in [3.63, 3.8) is 0 Å². The lowest BCUT2D eigenvalue weighted by molar-refractivity contribution is -0.192. The van der Waals surface area contributed by atoms with Crippen LogP contribution in [0, 0.1) is 5.41 Å². The lowest BCUT2D eigenvalue weighted by Gasteiger charge is -1.93. The zero-order valence-corrected chi connectivity index (χ0v) is 6.98. The van der Waals surface area contributed by atoms with Crippen LogP contribution < -0.4 is 5.73 Å². The number of rotatable bonds is 2. The molecule has 78 valence electrons. The van der Waals surface area contributed by atoms with Crippen LogP contribution in [0.4, 0.5) is 13.2 Å². The van der Waals surface area contributed by atoms with Gasteiger partial charge in [0, 0.05) is 6.42 Å². The van der Waals surface area contributed by atoms with Gasteiger partial charge in [0.15, 0.2) is 0 Å². The molecule has 0 spiro atoms. The predicted octanol–water partition coefficient (Wildman–Crippen LogP) is 1.36. The van der Waals surface area contributed by atoms with Gasteiger partial charge >= 0.3 is 12.1 Å². The van der Waals surface area contributed by atoms with Crippen LogP contribution in [-0.2, 0) is 4.79 Å². The Morgan fingerprint density at radius 3 is 1.85 bits per heavy atom. The maximum absolute atomic E-state index is 10.6. The van der Waals surface area contributed by atoms with Crippen molar-refractivity contribution in [2.24, 2.45) is 5.73 Å². The van der Waals surface area contributed by atoms with E-state index in [4.69, 9.17) is 21.0 Å². The Hall–Kier alpha value is -1.27. The monoisotopic (exact) mass is 200 g/mol. The number of hydrogen-bond acceptors (Lipinski definition) is 2. The van der Waals surface area contributed by atoms with E-state index in [-0.39, 0.29) is 5.84 Å². The van der Waals surface area contributed by atoms with Crippen molar-refractivity contribution in [1.29, 1.82) is 5.41 Å². The van der Waals surface area contributed by atoms with Crippen LogP contribution in [-0.4, -0.2) is 23.1 Å². The molecule has 0 saturated heterocycles. The molecule has 0 saturated carbocycles. The fraction of sp³-hybridized carbons (Fsp3) is 0.667. The van der Waals surface area contributed by atoms with Crippen LogP contribution in [0.15, 0.2) is 0 Å².